The smallest absolute Gasteiger partial charge is 0.475 e. The molecular weight excluding hydrogens is 518 g/mol. The number of alkyl halides is 3. The van der Waals surface area contributed by atoms with E-state index in [1.807, 2.05) is 12.1 Å². The van der Waals surface area contributed by atoms with E-state index in [0.717, 1.165) is 23.2 Å². The number of nitrogens with one attached hydrogen (secondary N) is 2. The van der Waals surface area contributed by atoms with E-state index in [2.05, 4.69) is 19.7 Å². The van der Waals surface area contributed by atoms with Crippen LogP contribution in [0.1, 0.15) is 0 Å². The standard InChI is InChI=1S/C18H13ClFN5O2S.C2HF3O2/c19-17-16(25-28(26,27)13-4-2-12(20)3-5-13)8-11(9-22-17)10-1-6-14-15(7-10)24-18(21)23-14;3-2(4,5)1(6)7/h1-9,25H,(H3,21,23,24);(H,6,7). The Morgan fingerprint density at radius 2 is 1.71 bits per heavy atom. The maximum Gasteiger partial charge on any atom is 0.490 e. The lowest BCUT2D eigenvalue weighted by atomic mass is 10.1. The van der Waals surface area contributed by atoms with Crippen molar-refractivity contribution >= 4 is 50.3 Å². The molecule has 0 aliphatic heterocycles. The number of hydrogen-bond acceptors (Lipinski definition) is 6. The molecule has 0 saturated heterocycles. The van der Waals surface area contributed by atoms with Crippen molar-refractivity contribution in [2.24, 2.45) is 0 Å². The van der Waals surface area contributed by atoms with Crippen LogP contribution in [0.2, 0.25) is 5.15 Å². The number of carboxylic acids is 1. The lowest BCUT2D eigenvalue weighted by molar-refractivity contribution is -0.192. The monoisotopic (exact) mass is 531 g/mol. The number of imidazole rings is 1. The number of pyridine rings is 1. The summed E-state index contributed by atoms with van der Waals surface area (Å²) >= 11 is 6.07. The van der Waals surface area contributed by atoms with Crippen molar-refractivity contribution in [3.05, 3.63) is 65.7 Å². The van der Waals surface area contributed by atoms with Crippen molar-refractivity contribution < 1.29 is 35.9 Å². The third kappa shape index (κ3) is 6.36. The first-order valence-corrected chi connectivity index (χ1v) is 11.1. The molecule has 35 heavy (non-hydrogen) atoms. The fraction of sp³-hybridized carbons (Fsp3) is 0.0500. The zero-order valence-corrected chi connectivity index (χ0v) is 18.7. The largest absolute Gasteiger partial charge is 0.490 e. The molecular formula is C20H14ClF4N5O4S. The number of fused-ring (bicyclic) bond motifs is 1. The van der Waals surface area contributed by atoms with Gasteiger partial charge in [-0.25, -0.2) is 27.6 Å². The van der Waals surface area contributed by atoms with Crippen LogP contribution >= 0.6 is 11.6 Å². The molecule has 0 aliphatic rings. The Hall–Kier alpha value is -3.91. The molecule has 2 aromatic heterocycles. The van der Waals surface area contributed by atoms with Crippen LogP contribution in [-0.2, 0) is 14.8 Å². The molecule has 4 rings (SSSR count). The minimum Gasteiger partial charge on any atom is -0.475 e. The molecule has 0 radical (unpaired) electrons. The van der Waals surface area contributed by atoms with Gasteiger partial charge in [-0.15, -0.1) is 0 Å². The molecule has 0 unspecified atom stereocenters. The molecule has 15 heteroatoms. The van der Waals surface area contributed by atoms with Crippen LogP contribution in [0.4, 0.5) is 29.2 Å². The zero-order chi connectivity index (χ0) is 26.0. The normalized spacial score (nSPS) is 11.6. The van der Waals surface area contributed by atoms with Crippen LogP contribution < -0.4 is 10.5 Å². The fourth-order valence-electron chi connectivity index (χ4n) is 2.70. The third-order valence-corrected chi connectivity index (χ3v) is 5.97. The van der Waals surface area contributed by atoms with E-state index in [-0.39, 0.29) is 15.7 Å². The maximum atomic E-state index is 13.1. The Bertz CT molecular complexity index is 1490. The van der Waals surface area contributed by atoms with Crippen LogP contribution in [0.3, 0.4) is 0 Å². The SMILES string of the molecule is Nc1nc2ccc(-c3cnc(Cl)c(NS(=O)(=O)c4ccc(F)cc4)c3)cc2[nH]1.O=C(O)C(F)(F)F. The second kappa shape index (κ2) is 9.76. The summed E-state index contributed by atoms with van der Waals surface area (Å²) in [6, 6.07) is 11.4. The Morgan fingerprint density at radius 1 is 1.09 bits per heavy atom. The number of carbonyl (C=O) groups is 1. The number of nitrogens with two attached hydrogens (primary N) is 1. The van der Waals surface area contributed by atoms with Gasteiger partial charge in [0, 0.05) is 11.8 Å². The number of anilines is 2. The molecule has 0 aliphatic carbocycles. The summed E-state index contributed by atoms with van der Waals surface area (Å²) in [6.07, 6.45) is -3.56. The number of carboxylic acid groups (broad SMARTS) is 1. The quantitative estimate of drug-likeness (QED) is 0.224. The minimum absolute atomic E-state index is 0.0127. The van der Waals surface area contributed by atoms with E-state index in [0.29, 0.717) is 17.0 Å². The molecule has 184 valence electrons. The van der Waals surface area contributed by atoms with Crippen molar-refractivity contribution in [3.63, 3.8) is 0 Å². The first kappa shape index (κ1) is 25.7. The van der Waals surface area contributed by atoms with Crippen LogP contribution in [0, 0.1) is 5.82 Å². The van der Waals surface area contributed by atoms with Gasteiger partial charge < -0.3 is 15.8 Å². The van der Waals surface area contributed by atoms with Gasteiger partial charge in [0.1, 0.15) is 5.82 Å². The lowest BCUT2D eigenvalue weighted by Gasteiger charge is -2.11. The topological polar surface area (TPSA) is 151 Å². The van der Waals surface area contributed by atoms with Crippen molar-refractivity contribution in [1.29, 1.82) is 0 Å². The lowest BCUT2D eigenvalue weighted by Crippen LogP contribution is -2.21. The van der Waals surface area contributed by atoms with Gasteiger partial charge in [0.25, 0.3) is 10.0 Å². The molecule has 0 spiro atoms. The summed E-state index contributed by atoms with van der Waals surface area (Å²) in [5.41, 5.74) is 8.61. The fourth-order valence-corrected chi connectivity index (χ4v) is 3.97. The van der Waals surface area contributed by atoms with Gasteiger partial charge >= 0.3 is 12.1 Å². The predicted octanol–water partition coefficient (Wildman–Crippen LogP) is 4.43. The molecule has 0 fully saturated rings. The van der Waals surface area contributed by atoms with Crippen molar-refractivity contribution in [2.75, 3.05) is 10.5 Å². The van der Waals surface area contributed by atoms with Gasteiger partial charge in [0.15, 0.2) is 11.1 Å². The maximum absolute atomic E-state index is 13.1. The minimum atomic E-state index is -5.08. The van der Waals surface area contributed by atoms with Gasteiger partial charge in [-0.2, -0.15) is 13.2 Å². The highest BCUT2D eigenvalue weighted by atomic mass is 35.5. The predicted molar refractivity (Wildman–Crippen MR) is 120 cm³/mol. The summed E-state index contributed by atoms with van der Waals surface area (Å²) in [6.45, 7) is 0. The van der Waals surface area contributed by atoms with E-state index in [1.54, 1.807) is 12.1 Å². The van der Waals surface area contributed by atoms with Gasteiger partial charge in [0.05, 0.1) is 21.6 Å². The number of H-pyrrole nitrogens is 1. The second-order valence-electron chi connectivity index (χ2n) is 6.78. The van der Waals surface area contributed by atoms with E-state index in [4.69, 9.17) is 27.2 Å². The van der Waals surface area contributed by atoms with Crippen LogP contribution in [0.25, 0.3) is 22.2 Å². The molecule has 0 amide bonds. The number of rotatable bonds is 4. The van der Waals surface area contributed by atoms with E-state index in [1.165, 1.54) is 18.3 Å². The number of aromatic nitrogens is 3. The Kier molecular flexibility index (Phi) is 7.17. The number of benzene rings is 2. The number of sulfonamides is 1. The van der Waals surface area contributed by atoms with Gasteiger partial charge in [0.2, 0.25) is 0 Å². The summed E-state index contributed by atoms with van der Waals surface area (Å²) < 4.78 is 72.3. The van der Waals surface area contributed by atoms with Crippen LogP contribution in [0.15, 0.2) is 59.6 Å². The third-order valence-electron chi connectivity index (χ3n) is 4.28. The molecule has 2 aromatic carbocycles. The zero-order valence-electron chi connectivity index (χ0n) is 17.1. The summed E-state index contributed by atoms with van der Waals surface area (Å²) in [5, 5.41) is 7.11. The average molecular weight is 532 g/mol. The highest BCUT2D eigenvalue weighted by Gasteiger charge is 2.38. The number of hydrogen-bond donors (Lipinski definition) is 4. The Balaban J connectivity index is 0.000000429. The summed E-state index contributed by atoms with van der Waals surface area (Å²) in [4.78, 5) is 19.9. The van der Waals surface area contributed by atoms with E-state index >= 15 is 0 Å². The van der Waals surface area contributed by atoms with E-state index < -0.39 is 28.0 Å². The highest BCUT2D eigenvalue weighted by Crippen LogP contribution is 2.30. The molecule has 0 bridgehead atoms. The van der Waals surface area contributed by atoms with Gasteiger partial charge in [-0.1, -0.05) is 17.7 Å². The van der Waals surface area contributed by atoms with Crippen LogP contribution in [0.5, 0.6) is 0 Å². The first-order chi connectivity index (χ1) is 16.3. The molecule has 2 heterocycles. The summed E-state index contributed by atoms with van der Waals surface area (Å²) in [7, 11) is -3.96. The molecule has 5 N–H and O–H groups in total. The van der Waals surface area contributed by atoms with Crippen molar-refractivity contribution in [3.8, 4) is 11.1 Å². The van der Waals surface area contributed by atoms with Gasteiger partial charge in [-0.05, 0) is 48.0 Å². The Labute approximate surface area is 199 Å². The molecule has 4 aromatic rings. The van der Waals surface area contributed by atoms with Crippen molar-refractivity contribution in [2.45, 2.75) is 11.1 Å². The summed E-state index contributed by atoms with van der Waals surface area (Å²) in [5.74, 6) is -2.99. The van der Waals surface area contributed by atoms with E-state index in [9.17, 15) is 26.0 Å². The number of aromatic amines is 1. The highest BCUT2D eigenvalue weighted by molar-refractivity contribution is 7.92. The van der Waals surface area contributed by atoms with Crippen LogP contribution in [-0.4, -0.2) is 40.6 Å². The molecule has 9 nitrogen and oxygen atoms in total. The second-order valence-corrected chi connectivity index (χ2v) is 8.82. The number of aliphatic carboxylic acids is 1. The number of nitrogens with zero attached hydrogens (tertiary/aromatic N) is 2. The number of halogens is 5. The molecule has 0 atom stereocenters. The Morgan fingerprint density at radius 3 is 2.31 bits per heavy atom. The number of nitrogen functional groups attached to an aromatic ring is 1. The van der Waals surface area contributed by atoms with Crippen molar-refractivity contribution in [1.82, 2.24) is 15.0 Å². The first-order valence-electron chi connectivity index (χ1n) is 9.26. The average Bonchev–Trinajstić information content (AvgIpc) is 3.14. The van der Waals surface area contributed by atoms with Gasteiger partial charge in [-0.3, -0.25) is 4.72 Å². The molecule has 0 saturated carbocycles.